The number of aromatic nitrogens is 1. The molecule has 5 nitrogen and oxygen atoms in total. The second-order valence-electron chi connectivity index (χ2n) is 6.91. The van der Waals surface area contributed by atoms with Crippen LogP contribution in [0.25, 0.3) is 22.6 Å². The minimum absolute atomic E-state index is 0.0851. The fourth-order valence-electron chi connectivity index (χ4n) is 2.93. The van der Waals surface area contributed by atoms with Crippen molar-refractivity contribution in [3.8, 4) is 17.2 Å². The Labute approximate surface area is 187 Å². The molecule has 0 unspecified atom stereocenters. The van der Waals surface area contributed by atoms with Gasteiger partial charge in [0.1, 0.15) is 11.3 Å². The number of rotatable bonds is 5. The van der Waals surface area contributed by atoms with E-state index in [2.05, 4.69) is 26.2 Å². The normalized spacial score (nSPS) is 10.9. The third-order valence-electron chi connectivity index (χ3n) is 4.68. The summed E-state index contributed by atoms with van der Waals surface area (Å²) in [6.45, 7) is 3.95. The molecule has 1 amide bonds. The van der Waals surface area contributed by atoms with Crippen molar-refractivity contribution in [2.45, 2.75) is 13.8 Å². The van der Waals surface area contributed by atoms with E-state index in [1.54, 1.807) is 24.3 Å². The van der Waals surface area contributed by atoms with Gasteiger partial charge in [-0.05, 0) is 73.5 Å². The summed E-state index contributed by atoms with van der Waals surface area (Å²) in [6, 6.07) is 16.5. The quantitative estimate of drug-likeness (QED) is 0.348. The number of oxazole rings is 1. The molecule has 0 atom stereocenters. The lowest BCUT2D eigenvalue weighted by Crippen LogP contribution is -2.20. The standard InChI is InChI=1S/C23H18BrClN2O3/c1-13-3-6-17(9-14(13)2)29-12-22(28)26-16-5-8-21-20(11-16)27-23(30-21)18-10-15(24)4-7-19(18)25/h3-11H,12H2,1-2H3,(H,26,28). The van der Waals surface area contributed by atoms with E-state index >= 15 is 0 Å². The van der Waals surface area contributed by atoms with E-state index in [1.165, 1.54) is 5.56 Å². The van der Waals surface area contributed by atoms with Gasteiger partial charge in [0.25, 0.3) is 5.91 Å². The summed E-state index contributed by atoms with van der Waals surface area (Å²) >= 11 is 9.70. The number of nitrogens with one attached hydrogen (secondary N) is 1. The molecule has 0 radical (unpaired) electrons. The van der Waals surface area contributed by atoms with Crippen LogP contribution in [0.4, 0.5) is 5.69 Å². The van der Waals surface area contributed by atoms with Gasteiger partial charge in [-0.1, -0.05) is 33.6 Å². The molecule has 0 saturated heterocycles. The molecule has 152 valence electrons. The van der Waals surface area contributed by atoms with Crippen LogP contribution in [0, 0.1) is 13.8 Å². The zero-order valence-electron chi connectivity index (χ0n) is 16.3. The summed E-state index contributed by atoms with van der Waals surface area (Å²) in [6.07, 6.45) is 0. The summed E-state index contributed by atoms with van der Waals surface area (Å²) < 4.78 is 12.3. The van der Waals surface area contributed by atoms with E-state index in [0.717, 1.165) is 10.0 Å². The lowest BCUT2D eigenvalue weighted by molar-refractivity contribution is -0.118. The number of carbonyl (C=O) groups excluding carboxylic acids is 1. The van der Waals surface area contributed by atoms with Crippen molar-refractivity contribution in [2.24, 2.45) is 0 Å². The number of benzene rings is 3. The molecule has 1 aromatic heterocycles. The molecular formula is C23H18BrClN2O3. The van der Waals surface area contributed by atoms with Crippen LogP contribution in [0.2, 0.25) is 5.02 Å². The van der Waals surface area contributed by atoms with Crippen LogP contribution in [0.1, 0.15) is 11.1 Å². The Morgan fingerprint density at radius 2 is 1.93 bits per heavy atom. The highest BCUT2D eigenvalue weighted by molar-refractivity contribution is 9.10. The first-order valence-electron chi connectivity index (χ1n) is 9.25. The minimum atomic E-state index is -0.258. The SMILES string of the molecule is Cc1ccc(OCC(=O)Nc2ccc3oc(-c4cc(Br)ccc4Cl)nc3c2)cc1C. The molecule has 1 N–H and O–H groups in total. The molecule has 7 heteroatoms. The zero-order valence-corrected chi connectivity index (χ0v) is 18.7. The summed E-state index contributed by atoms with van der Waals surface area (Å²) in [5, 5.41) is 3.36. The van der Waals surface area contributed by atoms with Crippen molar-refractivity contribution in [1.29, 1.82) is 0 Å². The fourth-order valence-corrected chi connectivity index (χ4v) is 3.49. The highest BCUT2D eigenvalue weighted by atomic mass is 79.9. The first kappa shape index (κ1) is 20.4. The van der Waals surface area contributed by atoms with Gasteiger partial charge in [0.2, 0.25) is 5.89 Å². The van der Waals surface area contributed by atoms with Gasteiger partial charge < -0.3 is 14.5 Å². The summed E-state index contributed by atoms with van der Waals surface area (Å²) in [7, 11) is 0. The number of halogens is 2. The van der Waals surface area contributed by atoms with Crippen LogP contribution in [0.5, 0.6) is 5.75 Å². The first-order valence-corrected chi connectivity index (χ1v) is 10.4. The molecule has 30 heavy (non-hydrogen) atoms. The zero-order chi connectivity index (χ0) is 21.3. The van der Waals surface area contributed by atoms with Crippen LogP contribution >= 0.6 is 27.5 Å². The second kappa shape index (κ2) is 8.50. The third-order valence-corrected chi connectivity index (χ3v) is 5.50. The number of aryl methyl sites for hydroxylation is 2. The van der Waals surface area contributed by atoms with Crippen molar-refractivity contribution in [3.63, 3.8) is 0 Å². The lowest BCUT2D eigenvalue weighted by atomic mass is 10.1. The molecule has 3 aromatic carbocycles. The number of fused-ring (bicyclic) bond motifs is 1. The van der Waals surface area contributed by atoms with Gasteiger partial charge in [-0.15, -0.1) is 0 Å². The Bertz CT molecular complexity index is 1250. The highest BCUT2D eigenvalue weighted by Crippen LogP contribution is 2.33. The highest BCUT2D eigenvalue weighted by Gasteiger charge is 2.13. The fraction of sp³-hybridized carbons (Fsp3) is 0.130. The van der Waals surface area contributed by atoms with Gasteiger partial charge in [-0.2, -0.15) is 0 Å². The van der Waals surface area contributed by atoms with Gasteiger partial charge in [-0.25, -0.2) is 4.98 Å². The number of amides is 1. The molecule has 0 aliphatic rings. The van der Waals surface area contributed by atoms with Gasteiger partial charge in [0.05, 0.1) is 10.6 Å². The van der Waals surface area contributed by atoms with Gasteiger partial charge in [0, 0.05) is 10.2 Å². The number of ether oxygens (including phenoxy) is 1. The molecule has 0 aliphatic carbocycles. The topological polar surface area (TPSA) is 64.4 Å². The van der Waals surface area contributed by atoms with Crippen LogP contribution < -0.4 is 10.1 Å². The molecule has 4 aromatic rings. The number of nitrogens with zero attached hydrogens (tertiary/aromatic N) is 1. The number of carbonyl (C=O) groups is 1. The number of hydrogen-bond donors (Lipinski definition) is 1. The lowest BCUT2D eigenvalue weighted by Gasteiger charge is -2.09. The monoisotopic (exact) mass is 484 g/mol. The first-order chi connectivity index (χ1) is 14.4. The summed E-state index contributed by atoms with van der Waals surface area (Å²) in [5.74, 6) is 0.819. The second-order valence-corrected chi connectivity index (χ2v) is 8.23. The van der Waals surface area contributed by atoms with E-state index in [-0.39, 0.29) is 12.5 Å². The van der Waals surface area contributed by atoms with Crippen molar-refractivity contribution in [2.75, 3.05) is 11.9 Å². The maximum Gasteiger partial charge on any atom is 0.262 e. The maximum absolute atomic E-state index is 12.3. The van der Waals surface area contributed by atoms with E-state index in [0.29, 0.717) is 39.0 Å². The molecule has 0 spiro atoms. The smallest absolute Gasteiger partial charge is 0.262 e. The van der Waals surface area contributed by atoms with Crippen molar-refractivity contribution in [1.82, 2.24) is 4.98 Å². The van der Waals surface area contributed by atoms with Gasteiger partial charge in [-0.3, -0.25) is 4.79 Å². The molecule has 1 heterocycles. The van der Waals surface area contributed by atoms with Crippen molar-refractivity contribution < 1.29 is 13.9 Å². The Hall–Kier alpha value is -2.83. The van der Waals surface area contributed by atoms with E-state index < -0.39 is 0 Å². The van der Waals surface area contributed by atoms with Crippen LogP contribution in [0.15, 0.2) is 63.5 Å². The Balaban J connectivity index is 1.47. The Morgan fingerprint density at radius 1 is 1.10 bits per heavy atom. The third kappa shape index (κ3) is 4.50. The molecule has 4 rings (SSSR count). The van der Waals surface area contributed by atoms with E-state index in [4.69, 9.17) is 20.8 Å². The van der Waals surface area contributed by atoms with Crippen molar-refractivity contribution >= 4 is 50.2 Å². The van der Waals surface area contributed by atoms with Crippen LogP contribution in [-0.4, -0.2) is 17.5 Å². The minimum Gasteiger partial charge on any atom is -0.484 e. The molecule has 0 saturated carbocycles. The van der Waals surface area contributed by atoms with Crippen LogP contribution in [-0.2, 0) is 4.79 Å². The molecule has 0 bridgehead atoms. The predicted molar refractivity (Wildman–Crippen MR) is 122 cm³/mol. The summed E-state index contributed by atoms with van der Waals surface area (Å²) in [5.41, 5.74) is 4.81. The van der Waals surface area contributed by atoms with Crippen molar-refractivity contribution in [3.05, 3.63) is 75.2 Å². The number of anilines is 1. The maximum atomic E-state index is 12.3. The molecular weight excluding hydrogens is 468 g/mol. The van der Waals surface area contributed by atoms with Crippen LogP contribution in [0.3, 0.4) is 0 Å². The molecule has 0 aliphatic heterocycles. The number of hydrogen-bond acceptors (Lipinski definition) is 4. The Morgan fingerprint density at radius 3 is 2.73 bits per heavy atom. The summed E-state index contributed by atoms with van der Waals surface area (Å²) in [4.78, 5) is 16.8. The average Bonchev–Trinajstić information content (AvgIpc) is 3.14. The molecule has 0 fully saturated rings. The average molecular weight is 486 g/mol. The Kier molecular flexibility index (Phi) is 5.79. The van der Waals surface area contributed by atoms with Gasteiger partial charge in [0.15, 0.2) is 12.2 Å². The van der Waals surface area contributed by atoms with Gasteiger partial charge >= 0.3 is 0 Å². The predicted octanol–water partition coefficient (Wildman–Crippen LogP) is 6.55. The largest absolute Gasteiger partial charge is 0.484 e. The van der Waals surface area contributed by atoms with E-state index in [1.807, 2.05) is 44.2 Å². The van der Waals surface area contributed by atoms with E-state index in [9.17, 15) is 4.79 Å².